The number of rotatable bonds is 4. The van der Waals surface area contributed by atoms with Crippen molar-refractivity contribution in [2.75, 3.05) is 13.1 Å². The quantitative estimate of drug-likeness (QED) is 0.543. The van der Waals surface area contributed by atoms with Gasteiger partial charge in [-0.05, 0) is 55.2 Å². The van der Waals surface area contributed by atoms with Crippen molar-refractivity contribution in [3.8, 4) is 11.3 Å². The van der Waals surface area contributed by atoms with Gasteiger partial charge in [0, 0.05) is 36.8 Å². The van der Waals surface area contributed by atoms with Crippen LogP contribution in [0.4, 0.5) is 0 Å². The number of likely N-dealkylation sites (tertiary alicyclic amines) is 1. The molecule has 0 unspecified atom stereocenters. The third-order valence-corrected chi connectivity index (χ3v) is 5.91. The Kier molecular flexibility index (Phi) is 5.01. The lowest BCUT2D eigenvalue weighted by molar-refractivity contribution is 0.0690. The molecule has 0 radical (unpaired) electrons. The zero-order valence-electron chi connectivity index (χ0n) is 16.8. The van der Waals surface area contributed by atoms with Gasteiger partial charge < -0.3 is 9.88 Å². The number of aromatic nitrogens is 3. The Morgan fingerprint density at radius 2 is 1.73 bits per heavy atom. The van der Waals surface area contributed by atoms with E-state index in [0.29, 0.717) is 5.92 Å². The van der Waals surface area contributed by atoms with Gasteiger partial charge in [-0.15, -0.1) is 0 Å². The van der Waals surface area contributed by atoms with Crippen molar-refractivity contribution in [1.29, 1.82) is 0 Å². The van der Waals surface area contributed by atoms with Crippen LogP contribution in [0.1, 0.15) is 29.0 Å². The summed E-state index contributed by atoms with van der Waals surface area (Å²) in [6.07, 6.45) is 4.74. The molecule has 2 aromatic heterocycles. The predicted octanol–water partition coefficient (Wildman–Crippen LogP) is 4.72. The minimum absolute atomic E-state index is 0.116. The zero-order chi connectivity index (χ0) is 20.3. The fourth-order valence-corrected chi connectivity index (χ4v) is 4.22. The number of nitrogens with zero attached hydrogens (tertiary/aromatic N) is 3. The minimum atomic E-state index is 0.116. The first kappa shape index (κ1) is 18.6. The molecule has 1 saturated heterocycles. The molecule has 0 saturated carbocycles. The number of hydrogen-bond donors (Lipinski definition) is 1. The SMILES string of the molecule is O=C(c1ccc(-c2ccccn2)cc1)N1CCC(Cc2nc3ccccc3[nH]2)CC1. The summed E-state index contributed by atoms with van der Waals surface area (Å²) < 4.78 is 0. The molecule has 1 fully saturated rings. The Bertz CT molecular complexity index is 1110. The van der Waals surface area contributed by atoms with Gasteiger partial charge in [0.15, 0.2) is 0 Å². The number of hydrogen-bond acceptors (Lipinski definition) is 3. The average Bonchev–Trinajstić information content (AvgIpc) is 3.22. The van der Waals surface area contributed by atoms with Crippen LogP contribution in [0.15, 0.2) is 72.9 Å². The molecule has 0 bridgehead atoms. The summed E-state index contributed by atoms with van der Waals surface area (Å²) in [5.41, 5.74) is 4.80. The second-order valence-electron chi connectivity index (χ2n) is 7.93. The lowest BCUT2D eigenvalue weighted by atomic mass is 9.93. The molecule has 3 heterocycles. The largest absolute Gasteiger partial charge is 0.342 e. The number of nitrogens with one attached hydrogen (secondary N) is 1. The number of H-pyrrole nitrogens is 1. The number of pyridine rings is 1. The fraction of sp³-hybridized carbons (Fsp3) is 0.240. The fourth-order valence-electron chi connectivity index (χ4n) is 4.22. The molecule has 30 heavy (non-hydrogen) atoms. The molecular weight excluding hydrogens is 372 g/mol. The number of carbonyl (C=O) groups is 1. The molecule has 0 spiro atoms. The zero-order valence-corrected chi connectivity index (χ0v) is 16.8. The summed E-state index contributed by atoms with van der Waals surface area (Å²) >= 11 is 0. The lowest BCUT2D eigenvalue weighted by Crippen LogP contribution is -2.39. The van der Waals surface area contributed by atoms with Crippen LogP contribution in [0, 0.1) is 5.92 Å². The van der Waals surface area contributed by atoms with Gasteiger partial charge in [-0.2, -0.15) is 0 Å². The third-order valence-electron chi connectivity index (χ3n) is 5.91. The Hall–Kier alpha value is -3.47. The number of fused-ring (bicyclic) bond motifs is 1. The first-order chi connectivity index (χ1) is 14.8. The maximum Gasteiger partial charge on any atom is 0.253 e. The van der Waals surface area contributed by atoms with E-state index in [9.17, 15) is 4.79 Å². The molecule has 1 aliphatic heterocycles. The van der Waals surface area contributed by atoms with Gasteiger partial charge in [0.05, 0.1) is 16.7 Å². The van der Waals surface area contributed by atoms with Crippen molar-refractivity contribution >= 4 is 16.9 Å². The van der Waals surface area contributed by atoms with Crippen molar-refractivity contribution in [3.05, 3.63) is 84.3 Å². The molecule has 5 heteroatoms. The van der Waals surface area contributed by atoms with E-state index >= 15 is 0 Å². The molecule has 1 aliphatic rings. The summed E-state index contributed by atoms with van der Waals surface area (Å²) in [7, 11) is 0. The van der Waals surface area contributed by atoms with Crippen LogP contribution in [0.2, 0.25) is 0 Å². The van der Waals surface area contributed by atoms with Crippen LogP contribution in [-0.2, 0) is 6.42 Å². The molecule has 1 amide bonds. The van der Waals surface area contributed by atoms with Gasteiger partial charge >= 0.3 is 0 Å². The van der Waals surface area contributed by atoms with Gasteiger partial charge in [0.25, 0.3) is 5.91 Å². The van der Waals surface area contributed by atoms with Crippen molar-refractivity contribution in [2.24, 2.45) is 5.92 Å². The Labute approximate surface area is 175 Å². The van der Waals surface area contributed by atoms with Crippen molar-refractivity contribution in [1.82, 2.24) is 19.9 Å². The van der Waals surface area contributed by atoms with Crippen molar-refractivity contribution < 1.29 is 4.79 Å². The highest BCUT2D eigenvalue weighted by Gasteiger charge is 2.24. The van der Waals surface area contributed by atoms with Crippen molar-refractivity contribution in [3.63, 3.8) is 0 Å². The minimum Gasteiger partial charge on any atom is -0.342 e. The van der Waals surface area contributed by atoms with Crippen LogP contribution in [0.3, 0.4) is 0 Å². The Morgan fingerprint density at radius 3 is 2.47 bits per heavy atom. The summed E-state index contributed by atoms with van der Waals surface area (Å²) in [5.74, 6) is 1.72. The van der Waals surface area contributed by atoms with E-state index in [1.807, 2.05) is 65.6 Å². The molecule has 0 atom stereocenters. The van der Waals surface area contributed by atoms with Crippen LogP contribution >= 0.6 is 0 Å². The first-order valence-corrected chi connectivity index (χ1v) is 10.5. The van der Waals surface area contributed by atoms with E-state index in [-0.39, 0.29) is 5.91 Å². The number of piperidine rings is 1. The third kappa shape index (κ3) is 3.83. The molecule has 0 aliphatic carbocycles. The lowest BCUT2D eigenvalue weighted by Gasteiger charge is -2.31. The van der Waals surface area contributed by atoms with Crippen molar-refractivity contribution in [2.45, 2.75) is 19.3 Å². The molecule has 150 valence electrons. The van der Waals surface area contributed by atoms with Gasteiger partial charge in [-0.3, -0.25) is 9.78 Å². The number of carbonyl (C=O) groups excluding carboxylic acids is 1. The number of aromatic amines is 1. The van der Waals surface area contributed by atoms with Gasteiger partial charge in [-0.25, -0.2) is 4.98 Å². The smallest absolute Gasteiger partial charge is 0.253 e. The normalized spacial score (nSPS) is 14.9. The maximum absolute atomic E-state index is 12.9. The molecular formula is C25H24N4O. The van der Waals surface area contributed by atoms with Gasteiger partial charge in [0.2, 0.25) is 0 Å². The Morgan fingerprint density at radius 1 is 0.967 bits per heavy atom. The van der Waals surface area contributed by atoms with Crippen LogP contribution in [-0.4, -0.2) is 38.8 Å². The van der Waals surface area contributed by atoms with E-state index in [1.165, 1.54) is 0 Å². The topological polar surface area (TPSA) is 61.9 Å². The second-order valence-corrected chi connectivity index (χ2v) is 7.93. The van der Waals surface area contributed by atoms with Crippen LogP contribution in [0.5, 0.6) is 0 Å². The highest BCUT2D eigenvalue weighted by atomic mass is 16.2. The van der Waals surface area contributed by atoms with E-state index < -0.39 is 0 Å². The highest BCUT2D eigenvalue weighted by molar-refractivity contribution is 5.94. The van der Waals surface area contributed by atoms with Crippen LogP contribution < -0.4 is 0 Å². The molecule has 1 N–H and O–H groups in total. The molecule has 4 aromatic rings. The summed E-state index contributed by atoms with van der Waals surface area (Å²) in [4.78, 5) is 27.4. The number of amides is 1. The second kappa shape index (κ2) is 8.11. The van der Waals surface area contributed by atoms with Gasteiger partial charge in [-0.1, -0.05) is 30.3 Å². The summed E-state index contributed by atoms with van der Waals surface area (Å²) in [6.45, 7) is 1.59. The first-order valence-electron chi connectivity index (χ1n) is 10.5. The predicted molar refractivity (Wildman–Crippen MR) is 118 cm³/mol. The number of benzene rings is 2. The standard InChI is InChI=1S/C25H24N4O/c30-25(20-10-8-19(9-11-20)21-5-3-4-14-26-21)29-15-12-18(13-16-29)17-24-27-22-6-1-2-7-23(22)28-24/h1-11,14,18H,12-13,15-17H2,(H,27,28). The summed E-state index contributed by atoms with van der Waals surface area (Å²) in [5, 5.41) is 0. The number of imidazole rings is 1. The maximum atomic E-state index is 12.9. The monoisotopic (exact) mass is 396 g/mol. The van der Waals surface area contributed by atoms with E-state index in [0.717, 1.165) is 66.0 Å². The molecule has 5 nitrogen and oxygen atoms in total. The molecule has 2 aromatic carbocycles. The summed E-state index contributed by atoms with van der Waals surface area (Å²) in [6, 6.07) is 21.8. The van der Waals surface area contributed by atoms with E-state index in [2.05, 4.69) is 16.0 Å². The van der Waals surface area contributed by atoms with E-state index in [4.69, 9.17) is 4.98 Å². The van der Waals surface area contributed by atoms with Crippen LogP contribution in [0.25, 0.3) is 22.3 Å². The highest BCUT2D eigenvalue weighted by Crippen LogP contribution is 2.24. The average molecular weight is 396 g/mol. The Balaban J connectivity index is 1.19. The number of para-hydroxylation sites is 2. The molecule has 5 rings (SSSR count). The van der Waals surface area contributed by atoms with Gasteiger partial charge in [0.1, 0.15) is 5.82 Å². The van der Waals surface area contributed by atoms with E-state index in [1.54, 1.807) is 6.20 Å².